The van der Waals surface area contributed by atoms with Crippen LogP contribution < -0.4 is 10.6 Å². The van der Waals surface area contributed by atoms with Crippen LogP contribution in [0.2, 0.25) is 5.02 Å². The molecule has 0 bridgehead atoms. The van der Waals surface area contributed by atoms with E-state index in [1.807, 2.05) is 65.6 Å². The molecule has 4 rings (SSSR count). The molecule has 2 aromatic heterocycles. The minimum atomic E-state index is 0.451. The van der Waals surface area contributed by atoms with Crippen LogP contribution in [-0.4, -0.2) is 24.7 Å². The van der Waals surface area contributed by atoms with Crippen molar-refractivity contribution < 1.29 is 0 Å². The smallest absolute Gasteiger partial charge is 0.176 e. The molecule has 29 heavy (non-hydrogen) atoms. The first-order valence-electron chi connectivity index (χ1n) is 9.07. The fourth-order valence-electron chi connectivity index (χ4n) is 2.88. The largest absolute Gasteiger partial charge is 0.330 e. The topological polar surface area (TPSA) is 59.7 Å². The van der Waals surface area contributed by atoms with E-state index in [0.29, 0.717) is 24.0 Å². The van der Waals surface area contributed by atoms with Gasteiger partial charge >= 0.3 is 0 Å². The summed E-state index contributed by atoms with van der Waals surface area (Å²) < 4.78 is 3.67. The van der Waals surface area contributed by atoms with Crippen molar-refractivity contribution in [2.24, 2.45) is 0 Å². The molecular formula is C21H19ClN6S. The molecule has 0 fully saturated rings. The second-order valence-corrected chi connectivity index (χ2v) is 7.30. The van der Waals surface area contributed by atoms with Crippen LogP contribution in [-0.2, 0) is 13.1 Å². The monoisotopic (exact) mass is 422 g/mol. The van der Waals surface area contributed by atoms with E-state index < -0.39 is 0 Å². The molecule has 0 amide bonds. The molecule has 0 spiro atoms. The Kier molecular flexibility index (Phi) is 5.88. The number of anilines is 2. The molecule has 0 aliphatic heterocycles. The number of hydrogen-bond donors (Lipinski definition) is 2. The lowest BCUT2D eigenvalue weighted by molar-refractivity contribution is 0.687. The maximum Gasteiger partial charge on any atom is 0.176 e. The van der Waals surface area contributed by atoms with Gasteiger partial charge in [0.2, 0.25) is 0 Å². The molecule has 2 heterocycles. The third-order valence-corrected chi connectivity index (χ3v) is 4.82. The van der Waals surface area contributed by atoms with Gasteiger partial charge in [-0.05, 0) is 29.4 Å². The summed E-state index contributed by atoms with van der Waals surface area (Å²) in [5.41, 5.74) is 2.99. The first kappa shape index (κ1) is 19.2. The second-order valence-electron chi connectivity index (χ2n) is 6.48. The summed E-state index contributed by atoms with van der Waals surface area (Å²) in [4.78, 5) is 0. The molecule has 8 heteroatoms. The van der Waals surface area contributed by atoms with Gasteiger partial charge < -0.3 is 10.6 Å². The van der Waals surface area contributed by atoms with E-state index in [0.717, 1.165) is 16.3 Å². The van der Waals surface area contributed by atoms with E-state index in [9.17, 15) is 0 Å². The molecule has 6 nitrogen and oxygen atoms in total. The van der Waals surface area contributed by atoms with Crippen molar-refractivity contribution in [1.29, 1.82) is 0 Å². The lowest BCUT2D eigenvalue weighted by atomic mass is 10.2. The number of halogens is 1. The zero-order valence-corrected chi connectivity index (χ0v) is 17.1. The zero-order chi connectivity index (χ0) is 20.1. The highest BCUT2D eigenvalue weighted by molar-refractivity contribution is 7.80. The fourth-order valence-corrected chi connectivity index (χ4v) is 3.30. The third kappa shape index (κ3) is 5.22. The maximum absolute atomic E-state index is 6.21. The Morgan fingerprint density at radius 1 is 0.931 bits per heavy atom. The number of nitrogens with one attached hydrogen (secondary N) is 2. The highest BCUT2D eigenvalue weighted by Gasteiger charge is 2.06. The molecule has 146 valence electrons. The second kappa shape index (κ2) is 8.89. The molecular weight excluding hydrogens is 404 g/mol. The molecule has 0 atom stereocenters. The summed E-state index contributed by atoms with van der Waals surface area (Å²) in [5, 5.41) is 16.2. The summed E-state index contributed by atoms with van der Waals surface area (Å²) >= 11 is 11.6. The van der Waals surface area contributed by atoms with Crippen molar-refractivity contribution >= 4 is 40.4 Å². The van der Waals surface area contributed by atoms with Crippen LogP contribution in [0.3, 0.4) is 0 Å². The quantitative estimate of drug-likeness (QED) is 0.443. The Morgan fingerprint density at radius 3 is 2.55 bits per heavy atom. The third-order valence-electron chi connectivity index (χ3n) is 4.25. The number of nitrogens with zero attached hydrogens (tertiary/aromatic N) is 4. The average Bonchev–Trinajstić information content (AvgIpc) is 3.34. The minimum Gasteiger partial charge on any atom is -0.330 e. The molecule has 0 saturated heterocycles. The Balaban J connectivity index is 1.32. The predicted molar refractivity (Wildman–Crippen MR) is 120 cm³/mol. The number of thiocarbonyl (C=S) groups is 1. The van der Waals surface area contributed by atoms with Crippen molar-refractivity contribution in [3.05, 3.63) is 95.4 Å². The average molecular weight is 423 g/mol. The van der Waals surface area contributed by atoms with Crippen molar-refractivity contribution in [2.75, 3.05) is 10.6 Å². The molecule has 0 aliphatic carbocycles. The van der Waals surface area contributed by atoms with E-state index in [2.05, 4.69) is 33.0 Å². The van der Waals surface area contributed by atoms with Crippen LogP contribution >= 0.6 is 23.8 Å². The van der Waals surface area contributed by atoms with Crippen LogP contribution in [0.5, 0.6) is 0 Å². The van der Waals surface area contributed by atoms with Gasteiger partial charge in [0.1, 0.15) is 0 Å². The first-order chi connectivity index (χ1) is 14.2. The summed E-state index contributed by atoms with van der Waals surface area (Å²) in [6.45, 7) is 1.29. The van der Waals surface area contributed by atoms with Gasteiger partial charge in [-0.15, -0.1) is 0 Å². The summed E-state index contributed by atoms with van der Waals surface area (Å²) in [5.74, 6) is 0.682. The van der Waals surface area contributed by atoms with E-state index in [-0.39, 0.29) is 0 Å². The van der Waals surface area contributed by atoms with Crippen LogP contribution in [0, 0.1) is 0 Å². The number of rotatable bonds is 6. The molecule has 2 N–H and O–H groups in total. The van der Waals surface area contributed by atoms with Crippen LogP contribution in [0.25, 0.3) is 0 Å². The van der Waals surface area contributed by atoms with Crippen LogP contribution in [0.4, 0.5) is 11.5 Å². The predicted octanol–water partition coefficient (Wildman–Crippen LogP) is 4.64. The minimum absolute atomic E-state index is 0.451. The van der Waals surface area contributed by atoms with Crippen LogP contribution in [0.1, 0.15) is 11.1 Å². The van der Waals surface area contributed by atoms with Gasteiger partial charge in [-0.2, -0.15) is 10.2 Å². The van der Waals surface area contributed by atoms with Gasteiger partial charge in [0.25, 0.3) is 0 Å². The Hall–Kier alpha value is -3.16. The van der Waals surface area contributed by atoms with Crippen molar-refractivity contribution in [1.82, 2.24) is 19.6 Å². The highest BCUT2D eigenvalue weighted by Crippen LogP contribution is 2.17. The highest BCUT2D eigenvalue weighted by atomic mass is 35.5. The van der Waals surface area contributed by atoms with Crippen LogP contribution in [0.15, 0.2) is 79.3 Å². The van der Waals surface area contributed by atoms with Gasteiger partial charge in [-0.1, -0.05) is 60.1 Å². The molecule has 2 aromatic carbocycles. The van der Waals surface area contributed by atoms with E-state index >= 15 is 0 Å². The molecule has 0 unspecified atom stereocenters. The number of benzene rings is 2. The normalized spacial score (nSPS) is 10.7. The zero-order valence-electron chi connectivity index (χ0n) is 15.5. The van der Waals surface area contributed by atoms with Crippen molar-refractivity contribution in [3.8, 4) is 0 Å². The summed E-state index contributed by atoms with van der Waals surface area (Å²) in [6.07, 6.45) is 5.52. The van der Waals surface area contributed by atoms with Gasteiger partial charge in [-0.3, -0.25) is 9.36 Å². The molecule has 0 saturated carbocycles. The van der Waals surface area contributed by atoms with Crippen molar-refractivity contribution in [2.45, 2.75) is 13.1 Å². The van der Waals surface area contributed by atoms with Gasteiger partial charge in [0.05, 0.1) is 25.0 Å². The lowest BCUT2D eigenvalue weighted by Crippen LogP contribution is -2.19. The molecule has 0 radical (unpaired) electrons. The lowest BCUT2D eigenvalue weighted by Gasteiger charge is -2.07. The molecule has 0 aliphatic rings. The summed E-state index contributed by atoms with van der Waals surface area (Å²) in [7, 11) is 0. The first-order valence-corrected chi connectivity index (χ1v) is 9.85. The Labute approximate surface area is 179 Å². The maximum atomic E-state index is 6.21. The number of aromatic nitrogens is 4. The van der Waals surface area contributed by atoms with Gasteiger partial charge in [0.15, 0.2) is 10.9 Å². The fraction of sp³-hybridized carbons (Fsp3) is 0.0952. The van der Waals surface area contributed by atoms with Crippen molar-refractivity contribution in [3.63, 3.8) is 0 Å². The molecule has 4 aromatic rings. The van der Waals surface area contributed by atoms with E-state index in [1.165, 1.54) is 5.56 Å². The van der Waals surface area contributed by atoms with E-state index in [1.54, 1.807) is 10.9 Å². The Morgan fingerprint density at radius 2 is 1.72 bits per heavy atom. The van der Waals surface area contributed by atoms with E-state index in [4.69, 9.17) is 23.8 Å². The van der Waals surface area contributed by atoms with Gasteiger partial charge in [0, 0.05) is 23.5 Å². The van der Waals surface area contributed by atoms with Gasteiger partial charge in [-0.25, -0.2) is 0 Å². The standard InChI is InChI=1S/C21H19ClN6S/c22-19-9-5-4-8-17(19)14-28-15-18(12-23-28)24-21(29)25-20-10-11-27(26-20)13-16-6-2-1-3-7-16/h1-12,15H,13-14H2,(H2,24,25,26,29). The SMILES string of the molecule is S=C(Nc1cnn(Cc2ccccc2Cl)c1)Nc1ccn(Cc2ccccc2)n1. The Bertz CT molecular complexity index is 1110. The summed E-state index contributed by atoms with van der Waals surface area (Å²) in [6, 6.07) is 19.8. The number of hydrogen-bond acceptors (Lipinski definition) is 3.